The van der Waals surface area contributed by atoms with E-state index < -0.39 is 10.0 Å². The number of benzene rings is 1. The van der Waals surface area contributed by atoms with E-state index in [1.165, 1.54) is 0 Å². The molecule has 1 aromatic carbocycles. The van der Waals surface area contributed by atoms with E-state index in [2.05, 4.69) is 10.1 Å². The van der Waals surface area contributed by atoms with Gasteiger partial charge in [0.1, 0.15) is 0 Å². The minimum atomic E-state index is -3.53. The Morgan fingerprint density at radius 3 is 2.75 bits per heavy atom. The number of hydrogen-bond acceptors (Lipinski definition) is 5. The summed E-state index contributed by atoms with van der Waals surface area (Å²) in [5.41, 5.74) is 1.39. The molecular weight excluding hydrogens is 326 g/mol. The Kier molecular flexibility index (Phi) is 4.73. The van der Waals surface area contributed by atoms with Crippen LogP contribution in [0, 0.1) is 13.8 Å². The summed E-state index contributed by atoms with van der Waals surface area (Å²) in [6.07, 6.45) is 3.77. The van der Waals surface area contributed by atoms with Gasteiger partial charge in [0.05, 0.1) is 4.90 Å². The van der Waals surface area contributed by atoms with Gasteiger partial charge >= 0.3 is 0 Å². The highest BCUT2D eigenvalue weighted by Gasteiger charge is 2.33. The average Bonchev–Trinajstić information content (AvgIpc) is 3.01. The van der Waals surface area contributed by atoms with Crippen molar-refractivity contribution in [3.8, 4) is 11.4 Å². The Labute approximate surface area is 142 Å². The number of piperidine rings is 1. The van der Waals surface area contributed by atoms with Crippen LogP contribution in [-0.4, -0.2) is 35.5 Å². The van der Waals surface area contributed by atoms with E-state index >= 15 is 0 Å². The highest BCUT2D eigenvalue weighted by Crippen LogP contribution is 2.30. The zero-order valence-corrected chi connectivity index (χ0v) is 15.1. The van der Waals surface area contributed by atoms with Gasteiger partial charge in [-0.15, -0.1) is 0 Å². The number of sulfonamides is 1. The molecule has 0 bridgehead atoms. The van der Waals surface area contributed by atoms with Gasteiger partial charge < -0.3 is 4.52 Å². The third-order valence-electron chi connectivity index (χ3n) is 4.60. The normalized spacial score (nSPS) is 19.5. The minimum absolute atomic E-state index is 0.0826. The molecule has 1 aromatic heterocycles. The Bertz CT molecular complexity index is 829. The summed E-state index contributed by atoms with van der Waals surface area (Å²) in [6, 6.07) is 5.38. The van der Waals surface area contributed by atoms with E-state index in [-0.39, 0.29) is 6.04 Å². The van der Waals surface area contributed by atoms with Crippen molar-refractivity contribution in [2.75, 3.05) is 6.54 Å². The fourth-order valence-corrected chi connectivity index (χ4v) is 5.28. The van der Waals surface area contributed by atoms with Crippen molar-refractivity contribution in [1.29, 1.82) is 0 Å². The summed E-state index contributed by atoms with van der Waals surface area (Å²) in [5, 5.41) is 3.89. The van der Waals surface area contributed by atoms with E-state index in [9.17, 15) is 8.42 Å². The van der Waals surface area contributed by atoms with Crippen molar-refractivity contribution in [2.24, 2.45) is 0 Å². The van der Waals surface area contributed by atoms with Gasteiger partial charge in [0, 0.05) is 25.1 Å². The number of aromatic nitrogens is 2. The second-order valence-electron chi connectivity index (χ2n) is 6.29. The van der Waals surface area contributed by atoms with Crippen molar-refractivity contribution in [1.82, 2.24) is 14.4 Å². The zero-order valence-electron chi connectivity index (χ0n) is 14.3. The summed E-state index contributed by atoms with van der Waals surface area (Å²) in [4.78, 5) is 4.53. The highest BCUT2D eigenvalue weighted by atomic mass is 32.2. The van der Waals surface area contributed by atoms with Crippen LogP contribution in [0.25, 0.3) is 11.4 Å². The Hall–Kier alpha value is -1.73. The number of aryl methyl sites for hydroxylation is 2. The van der Waals surface area contributed by atoms with Crippen LogP contribution in [0.5, 0.6) is 0 Å². The first-order valence-electron chi connectivity index (χ1n) is 8.36. The van der Waals surface area contributed by atoms with Crippen molar-refractivity contribution in [3.63, 3.8) is 0 Å². The number of rotatable bonds is 4. The molecule has 1 saturated heterocycles. The van der Waals surface area contributed by atoms with E-state index in [1.54, 1.807) is 23.4 Å². The standard InChI is InChI=1S/C17H23N3O3S/c1-4-15-7-5-6-10-20(15)24(21,22)16-11-14(9-8-12(16)2)17-18-13(3)23-19-17/h8-9,11,15H,4-7,10H2,1-3H3/t15-/m0/s1. The maximum Gasteiger partial charge on any atom is 0.243 e. The summed E-state index contributed by atoms with van der Waals surface area (Å²) in [6.45, 7) is 6.17. The van der Waals surface area contributed by atoms with Gasteiger partial charge in [0.15, 0.2) is 0 Å². The van der Waals surface area contributed by atoms with Gasteiger partial charge in [-0.3, -0.25) is 0 Å². The predicted octanol–water partition coefficient (Wildman–Crippen LogP) is 3.31. The van der Waals surface area contributed by atoms with Gasteiger partial charge in [0.25, 0.3) is 0 Å². The second-order valence-corrected chi connectivity index (χ2v) is 8.15. The van der Waals surface area contributed by atoms with Crippen LogP contribution in [0.1, 0.15) is 44.1 Å². The largest absolute Gasteiger partial charge is 0.339 e. The van der Waals surface area contributed by atoms with Crippen molar-refractivity contribution >= 4 is 10.0 Å². The third kappa shape index (κ3) is 3.10. The maximum atomic E-state index is 13.2. The maximum absolute atomic E-state index is 13.2. The molecule has 3 rings (SSSR count). The molecule has 2 aromatic rings. The SMILES string of the molecule is CC[C@H]1CCCCN1S(=O)(=O)c1cc(-c2noc(C)n2)ccc1C. The summed E-state index contributed by atoms with van der Waals surface area (Å²) < 4.78 is 33.1. The average molecular weight is 349 g/mol. The lowest BCUT2D eigenvalue weighted by Gasteiger charge is -2.34. The van der Waals surface area contributed by atoms with Crippen LogP contribution < -0.4 is 0 Å². The Morgan fingerprint density at radius 2 is 2.08 bits per heavy atom. The Balaban J connectivity index is 2.04. The van der Waals surface area contributed by atoms with Crippen LogP contribution in [-0.2, 0) is 10.0 Å². The molecule has 1 fully saturated rings. The highest BCUT2D eigenvalue weighted by molar-refractivity contribution is 7.89. The molecule has 0 saturated carbocycles. The van der Waals surface area contributed by atoms with Crippen LogP contribution in [0.2, 0.25) is 0 Å². The molecule has 6 nitrogen and oxygen atoms in total. The molecule has 0 aliphatic carbocycles. The van der Waals surface area contributed by atoms with E-state index in [0.29, 0.717) is 28.7 Å². The lowest BCUT2D eigenvalue weighted by molar-refractivity contribution is 0.246. The molecule has 7 heteroatoms. The summed E-state index contributed by atoms with van der Waals surface area (Å²) in [5.74, 6) is 0.867. The molecule has 0 unspecified atom stereocenters. The first-order chi connectivity index (χ1) is 11.4. The van der Waals surface area contributed by atoms with Gasteiger partial charge in [-0.2, -0.15) is 9.29 Å². The molecule has 0 amide bonds. The van der Waals surface area contributed by atoms with Crippen LogP contribution >= 0.6 is 0 Å². The quantitative estimate of drug-likeness (QED) is 0.846. The van der Waals surface area contributed by atoms with Crippen LogP contribution in [0.15, 0.2) is 27.6 Å². The second kappa shape index (κ2) is 6.64. The molecule has 24 heavy (non-hydrogen) atoms. The van der Waals surface area contributed by atoms with Crippen molar-refractivity contribution < 1.29 is 12.9 Å². The minimum Gasteiger partial charge on any atom is -0.339 e. The van der Waals surface area contributed by atoms with Gasteiger partial charge in [-0.05, 0) is 37.8 Å². The summed E-state index contributed by atoms with van der Waals surface area (Å²) >= 11 is 0. The lowest BCUT2D eigenvalue weighted by Crippen LogP contribution is -2.43. The van der Waals surface area contributed by atoms with Crippen LogP contribution in [0.4, 0.5) is 0 Å². The van der Waals surface area contributed by atoms with Gasteiger partial charge in [-0.1, -0.05) is 30.6 Å². The monoisotopic (exact) mass is 349 g/mol. The predicted molar refractivity (Wildman–Crippen MR) is 91.0 cm³/mol. The molecule has 0 spiro atoms. The molecule has 1 aliphatic heterocycles. The Morgan fingerprint density at radius 1 is 1.29 bits per heavy atom. The number of hydrogen-bond donors (Lipinski definition) is 0. The van der Waals surface area contributed by atoms with Gasteiger partial charge in [0.2, 0.25) is 21.7 Å². The first-order valence-corrected chi connectivity index (χ1v) is 9.80. The topological polar surface area (TPSA) is 76.3 Å². The molecule has 1 atom stereocenters. The third-order valence-corrected chi connectivity index (χ3v) is 6.70. The number of nitrogens with zero attached hydrogens (tertiary/aromatic N) is 3. The fraction of sp³-hybridized carbons (Fsp3) is 0.529. The summed E-state index contributed by atoms with van der Waals surface area (Å²) in [7, 11) is -3.53. The first kappa shape index (κ1) is 17.1. The van der Waals surface area contributed by atoms with Gasteiger partial charge in [-0.25, -0.2) is 8.42 Å². The van der Waals surface area contributed by atoms with E-state index in [0.717, 1.165) is 31.2 Å². The van der Waals surface area contributed by atoms with E-state index in [4.69, 9.17) is 4.52 Å². The van der Waals surface area contributed by atoms with Crippen LogP contribution in [0.3, 0.4) is 0 Å². The smallest absolute Gasteiger partial charge is 0.243 e. The molecule has 1 aliphatic rings. The van der Waals surface area contributed by atoms with Crippen molar-refractivity contribution in [3.05, 3.63) is 29.7 Å². The van der Waals surface area contributed by atoms with E-state index in [1.807, 2.05) is 19.9 Å². The molecule has 0 radical (unpaired) electrons. The molecular formula is C17H23N3O3S. The zero-order chi connectivity index (χ0) is 17.3. The fourth-order valence-electron chi connectivity index (χ4n) is 3.26. The molecule has 0 N–H and O–H groups in total. The molecule has 2 heterocycles. The lowest BCUT2D eigenvalue weighted by atomic mass is 10.0. The molecule has 130 valence electrons. The van der Waals surface area contributed by atoms with Crippen molar-refractivity contribution in [2.45, 2.75) is 57.4 Å².